The van der Waals surface area contributed by atoms with Gasteiger partial charge in [0.1, 0.15) is 11.8 Å². The molecule has 0 fully saturated rings. The van der Waals surface area contributed by atoms with Crippen LogP contribution in [0.4, 0.5) is 11.4 Å². The molecule has 0 heterocycles. The van der Waals surface area contributed by atoms with Crippen LogP contribution in [0.5, 0.6) is 5.75 Å². The van der Waals surface area contributed by atoms with Crippen LogP contribution in [-0.2, 0) is 11.2 Å². The molecule has 0 saturated carbocycles. The Labute approximate surface area is 141 Å². The van der Waals surface area contributed by atoms with Crippen LogP contribution in [0.2, 0.25) is 5.02 Å². The summed E-state index contributed by atoms with van der Waals surface area (Å²) < 4.78 is 5.11. The quantitative estimate of drug-likeness (QED) is 0.826. The van der Waals surface area contributed by atoms with Crippen LogP contribution >= 0.6 is 11.6 Å². The molecule has 0 bridgehead atoms. The largest absolute Gasteiger partial charge is 0.495 e. The summed E-state index contributed by atoms with van der Waals surface area (Å²) in [4.78, 5) is 12.2. The molecule has 1 atom stereocenters. The third-order valence-electron chi connectivity index (χ3n) is 3.56. The van der Waals surface area contributed by atoms with Crippen LogP contribution < -0.4 is 15.4 Å². The van der Waals surface area contributed by atoms with Gasteiger partial charge >= 0.3 is 0 Å². The molecule has 122 valence electrons. The van der Waals surface area contributed by atoms with Gasteiger partial charge in [0.05, 0.1) is 12.1 Å². The zero-order valence-electron chi connectivity index (χ0n) is 13.5. The van der Waals surface area contributed by atoms with Crippen molar-refractivity contribution in [2.75, 3.05) is 17.7 Å². The van der Waals surface area contributed by atoms with Gasteiger partial charge in [-0.2, -0.15) is 0 Å². The molecule has 2 rings (SSSR count). The normalized spacial score (nSPS) is 11.7. The molecule has 0 radical (unpaired) electrons. The summed E-state index contributed by atoms with van der Waals surface area (Å²) in [5, 5.41) is 6.52. The monoisotopic (exact) mass is 332 g/mol. The molecule has 2 aromatic rings. The molecule has 23 heavy (non-hydrogen) atoms. The maximum Gasteiger partial charge on any atom is 0.246 e. The van der Waals surface area contributed by atoms with Gasteiger partial charge in [-0.3, -0.25) is 4.79 Å². The molecule has 0 aliphatic heterocycles. The van der Waals surface area contributed by atoms with Gasteiger partial charge in [0.15, 0.2) is 0 Å². The predicted octanol–water partition coefficient (Wildman–Crippen LogP) is 4.35. The Morgan fingerprint density at radius 2 is 1.83 bits per heavy atom. The lowest BCUT2D eigenvalue weighted by molar-refractivity contribution is -0.116. The Kier molecular flexibility index (Phi) is 5.88. The van der Waals surface area contributed by atoms with E-state index >= 15 is 0 Å². The van der Waals surface area contributed by atoms with E-state index in [1.54, 1.807) is 26.2 Å². The van der Waals surface area contributed by atoms with Crippen molar-refractivity contribution in [1.82, 2.24) is 0 Å². The van der Waals surface area contributed by atoms with E-state index in [1.165, 1.54) is 5.56 Å². The average Bonchev–Trinajstić information content (AvgIpc) is 2.55. The number of rotatable bonds is 6. The van der Waals surface area contributed by atoms with Crippen molar-refractivity contribution in [2.24, 2.45) is 0 Å². The smallest absolute Gasteiger partial charge is 0.246 e. The van der Waals surface area contributed by atoms with Gasteiger partial charge in [0.2, 0.25) is 5.91 Å². The number of carbonyl (C=O) groups excluding carboxylic acids is 1. The highest BCUT2D eigenvalue weighted by Gasteiger charge is 2.13. The van der Waals surface area contributed by atoms with Crippen molar-refractivity contribution in [3.05, 3.63) is 53.1 Å². The molecule has 2 aromatic carbocycles. The first-order chi connectivity index (χ1) is 11.0. The van der Waals surface area contributed by atoms with Crippen molar-refractivity contribution in [3.63, 3.8) is 0 Å². The number of hydrogen-bond donors (Lipinski definition) is 2. The summed E-state index contributed by atoms with van der Waals surface area (Å²) in [6.07, 6.45) is 0.977. The molecule has 0 spiro atoms. The van der Waals surface area contributed by atoms with E-state index in [9.17, 15) is 4.79 Å². The minimum absolute atomic E-state index is 0.110. The van der Waals surface area contributed by atoms with E-state index in [2.05, 4.69) is 17.6 Å². The fourth-order valence-corrected chi connectivity index (χ4v) is 2.40. The Bertz CT molecular complexity index is 671. The lowest BCUT2D eigenvalue weighted by Crippen LogP contribution is -2.31. The number of nitrogens with one attached hydrogen (secondary N) is 2. The summed E-state index contributed by atoms with van der Waals surface area (Å²) >= 11 is 6.09. The lowest BCUT2D eigenvalue weighted by atomic mass is 10.1. The Morgan fingerprint density at radius 1 is 1.17 bits per heavy atom. The highest BCUT2D eigenvalue weighted by Crippen LogP contribution is 2.27. The minimum atomic E-state index is -0.398. The first-order valence-corrected chi connectivity index (χ1v) is 7.91. The SMILES string of the molecule is CCc1ccc(NC(=O)C(C)Nc2ccc(OC)c(Cl)c2)cc1. The third kappa shape index (κ3) is 4.63. The lowest BCUT2D eigenvalue weighted by Gasteiger charge is -2.16. The van der Waals surface area contributed by atoms with Crippen LogP contribution in [0.25, 0.3) is 0 Å². The first-order valence-electron chi connectivity index (χ1n) is 7.53. The molecular weight excluding hydrogens is 312 g/mol. The van der Waals surface area contributed by atoms with Gasteiger partial charge < -0.3 is 15.4 Å². The molecule has 0 aliphatic rings. The van der Waals surface area contributed by atoms with Crippen molar-refractivity contribution < 1.29 is 9.53 Å². The second-order valence-electron chi connectivity index (χ2n) is 5.26. The second kappa shape index (κ2) is 7.88. The molecule has 2 N–H and O–H groups in total. The summed E-state index contributed by atoms with van der Waals surface area (Å²) in [7, 11) is 1.56. The number of carbonyl (C=O) groups is 1. The van der Waals surface area contributed by atoms with Crippen molar-refractivity contribution in [2.45, 2.75) is 26.3 Å². The Morgan fingerprint density at radius 3 is 2.39 bits per heavy atom. The number of halogens is 1. The van der Waals surface area contributed by atoms with E-state index in [-0.39, 0.29) is 5.91 Å². The average molecular weight is 333 g/mol. The Balaban J connectivity index is 1.97. The van der Waals surface area contributed by atoms with Crippen LogP contribution in [0, 0.1) is 0 Å². The number of ether oxygens (including phenoxy) is 1. The molecular formula is C18H21ClN2O2. The predicted molar refractivity (Wildman–Crippen MR) is 95.5 cm³/mol. The van der Waals surface area contributed by atoms with Crippen LogP contribution in [0.1, 0.15) is 19.4 Å². The van der Waals surface area contributed by atoms with Gasteiger partial charge in [-0.05, 0) is 49.2 Å². The molecule has 1 unspecified atom stereocenters. The fourth-order valence-electron chi connectivity index (χ4n) is 2.15. The molecule has 4 nitrogen and oxygen atoms in total. The summed E-state index contributed by atoms with van der Waals surface area (Å²) in [6, 6.07) is 12.8. The minimum Gasteiger partial charge on any atom is -0.495 e. The van der Waals surface area contributed by atoms with Crippen LogP contribution in [0.15, 0.2) is 42.5 Å². The van der Waals surface area contributed by atoms with E-state index < -0.39 is 6.04 Å². The number of aryl methyl sites for hydroxylation is 1. The fraction of sp³-hybridized carbons (Fsp3) is 0.278. The summed E-state index contributed by atoms with van der Waals surface area (Å²) in [6.45, 7) is 3.90. The van der Waals surface area contributed by atoms with Gasteiger partial charge in [-0.25, -0.2) is 0 Å². The number of benzene rings is 2. The van der Waals surface area contributed by atoms with Gasteiger partial charge in [0, 0.05) is 11.4 Å². The highest BCUT2D eigenvalue weighted by molar-refractivity contribution is 6.32. The van der Waals surface area contributed by atoms with Crippen molar-refractivity contribution in [3.8, 4) is 5.75 Å². The van der Waals surface area contributed by atoms with Crippen LogP contribution in [0.3, 0.4) is 0 Å². The summed E-state index contributed by atoms with van der Waals surface area (Å²) in [5.74, 6) is 0.492. The Hall–Kier alpha value is -2.20. The zero-order valence-corrected chi connectivity index (χ0v) is 14.3. The maximum atomic E-state index is 12.2. The van der Waals surface area contributed by atoms with E-state index in [1.807, 2.05) is 30.3 Å². The van der Waals surface area contributed by atoms with E-state index in [0.717, 1.165) is 17.8 Å². The zero-order chi connectivity index (χ0) is 16.8. The molecule has 0 aliphatic carbocycles. The number of anilines is 2. The topological polar surface area (TPSA) is 50.4 Å². The first kappa shape index (κ1) is 17.2. The van der Waals surface area contributed by atoms with Gasteiger partial charge in [-0.15, -0.1) is 0 Å². The molecule has 0 aromatic heterocycles. The van der Waals surface area contributed by atoms with E-state index in [0.29, 0.717) is 10.8 Å². The molecule has 5 heteroatoms. The molecule has 1 amide bonds. The van der Waals surface area contributed by atoms with Gasteiger partial charge in [-0.1, -0.05) is 30.7 Å². The van der Waals surface area contributed by atoms with Crippen LogP contribution in [-0.4, -0.2) is 19.1 Å². The summed E-state index contributed by atoms with van der Waals surface area (Å²) in [5.41, 5.74) is 2.79. The standard InChI is InChI=1S/C18H21ClN2O2/c1-4-13-5-7-14(8-6-13)21-18(22)12(2)20-15-9-10-17(23-3)16(19)11-15/h5-12,20H,4H2,1-3H3,(H,21,22). The van der Waals surface area contributed by atoms with Gasteiger partial charge in [0.25, 0.3) is 0 Å². The maximum absolute atomic E-state index is 12.2. The van der Waals surface area contributed by atoms with Crippen molar-refractivity contribution >= 4 is 28.9 Å². The third-order valence-corrected chi connectivity index (χ3v) is 3.85. The number of amides is 1. The molecule has 0 saturated heterocycles. The van der Waals surface area contributed by atoms with E-state index in [4.69, 9.17) is 16.3 Å². The number of methoxy groups -OCH3 is 1. The highest BCUT2D eigenvalue weighted by atomic mass is 35.5. The number of hydrogen-bond acceptors (Lipinski definition) is 3. The second-order valence-corrected chi connectivity index (χ2v) is 5.66. The van der Waals surface area contributed by atoms with Crippen molar-refractivity contribution in [1.29, 1.82) is 0 Å².